The van der Waals surface area contributed by atoms with Gasteiger partial charge in [-0.05, 0) is 57.9 Å². The first-order chi connectivity index (χ1) is 11.3. The fourth-order valence-electron chi connectivity index (χ4n) is 2.12. The summed E-state index contributed by atoms with van der Waals surface area (Å²) in [5.41, 5.74) is 0.00666. The SMILES string of the molecule is CC(C)(C)OC(=O)c1ccc(OCCCCCCCC(=O)O)cc1. The smallest absolute Gasteiger partial charge is 0.338 e. The molecule has 0 bridgehead atoms. The summed E-state index contributed by atoms with van der Waals surface area (Å²) in [5.74, 6) is -0.336. The molecule has 1 aromatic rings. The molecule has 0 spiro atoms. The Bertz CT molecular complexity index is 514. The number of esters is 1. The second-order valence-electron chi connectivity index (χ2n) is 6.79. The minimum Gasteiger partial charge on any atom is -0.494 e. The average molecular weight is 336 g/mol. The Labute approximate surface area is 144 Å². The molecule has 0 radical (unpaired) electrons. The Morgan fingerprint density at radius 1 is 0.958 bits per heavy atom. The number of rotatable bonds is 10. The van der Waals surface area contributed by atoms with Gasteiger partial charge >= 0.3 is 11.9 Å². The lowest BCUT2D eigenvalue weighted by Gasteiger charge is -2.19. The van der Waals surface area contributed by atoms with Crippen LogP contribution in [0.15, 0.2) is 24.3 Å². The van der Waals surface area contributed by atoms with E-state index in [0.29, 0.717) is 12.2 Å². The van der Waals surface area contributed by atoms with E-state index >= 15 is 0 Å². The van der Waals surface area contributed by atoms with E-state index in [2.05, 4.69) is 0 Å². The van der Waals surface area contributed by atoms with Crippen LogP contribution in [0.2, 0.25) is 0 Å². The quantitative estimate of drug-likeness (QED) is 0.505. The molecule has 1 aromatic carbocycles. The maximum absolute atomic E-state index is 11.9. The topological polar surface area (TPSA) is 72.8 Å². The van der Waals surface area contributed by atoms with Gasteiger partial charge in [0.2, 0.25) is 0 Å². The minimum absolute atomic E-state index is 0.250. The van der Waals surface area contributed by atoms with Crippen LogP contribution in [0.3, 0.4) is 0 Å². The van der Waals surface area contributed by atoms with Crippen LogP contribution < -0.4 is 4.74 Å². The van der Waals surface area contributed by atoms with Crippen LogP contribution >= 0.6 is 0 Å². The van der Waals surface area contributed by atoms with Gasteiger partial charge in [0, 0.05) is 6.42 Å². The maximum atomic E-state index is 11.9. The first kappa shape index (κ1) is 20.0. The van der Waals surface area contributed by atoms with Crippen LogP contribution in [-0.2, 0) is 9.53 Å². The Morgan fingerprint density at radius 2 is 1.54 bits per heavy atom. The van der Waals surface area contributed by atoms with Gasteiger partial charge in [0.05, 0.1) is 12.2 Å². The predicted octanol–water partition coefficient (Wildman–Crippen LogP) is 4.45. The second-order valence-corrected chi connectivity index (χ2v) is 6.79. The number of hydrogen-bond acceptors (Lipinski definition) is 4. The second kappa shape index (κ2) is 9.96. The van der Waals surface area contributed by atoms with Crippen LogP contribution in [0.4, 0.5) is 0 Å². The summed E-state index contributed by atoms with van der Waals surface area (Å²) in [7, 11) is 0. The van der Waals surface area contributed by atoms with Crippen molar-refractivity contribution in [3.05, 3.63) is 29.8 Å². The zero-order valence-corrected chi connectivity index (χ0v) is 14.8. The van der Waals surface area contributed by atoms with E-state index in [-0.39, 0.29) is 12.4 Å². The highest BCUT2D eigenvalue weighted by molar-refractivity contribution is 5.89. The Morgan fingerprint density at radius 3 is 2.12 bits per heavy atom. The summed E-state index contributed by atoms with van der Waals surface area (Å²) in [6.45, 7) is 6.13. The maximum Gasteiger partial charge on any atom is 0.338 e. The third-order valence-corrected chi connectivity index (χ3v) is 3.29. The molecule has 134 valence electrons. The predicted molar refractivity (Wildman–Crippen MR) is 92.4 cm³/mol. The minimum atomic E-state index is -0.729. The highest BCUT2D eigenvalue weighted by Gasteiger charge is 2.17. The highest BCUT2D eigenvalue weighted by Crippen LogP contribution is 2.16. The number of hydrogen-bond donors (Lipinski definition) is 1. The number of benzene rings is 1. The fraction of sp³-hybridized carbons (Fsp3) is 0.579. The average Bonchev–Trinajstić information content (AvgIpc) is 2.48. The third kappa shape index (κ3) is 9.18. The van der Waals surface area contributed by atoms with Crippen molar-refractivity contribution in [2.24, 2.45) is 0 Å². The standard InChI is InChI=1S/C19H28O5/c1-19(2,3)24-18(22)15-10-12-16(13-11-15)23-14-8-6-4-5-7-9-17(20)21/h10-13H,4-9,14H2,1-3H3,(H,20,21). The molecule has 0 saturated carbocycles. The number of carboxylic acid groups (broad SMARTS) is 1. The molecule has 5 nitrogen and oxygen atoms in total. The summed E-state index contributed by atoms with van der Waals surface area (Å²) in [6, 6.07) is 6.95. The van der Waals surface area contributed by atoms with Crippen LogP contribution in [-0.4, -0.2) is 29.3 Å². The van der Waals surface area contributed by atoms with Crippen LogP contribution in [0.5, 0.6) is 5.75 Å². The fourth-order valence-corrected chi connectivity index (χ4v) is 2.12. The van der Waals surface area contributed by atoms with Gasteiger partial charge in [-0.1, -0.05) is 19.3 Å². The normalized spacial score (nSPS) is 11.1. The molecule has 0 atom stereocenters. The van der Waals surface area contributed by atoms with Crippen LogP contribution in [0.25, 0.3) is 0 Å². The van der Waals surface area contributed by atoms with Crippen molar-refractivity contribution in [2.75, 3.05) is 6.61 Å². The lowest BCUT2D eigenvalue weighted by atomic mass is 10.1. The molecule has 1 N–H and O–H groups in total. The number of ether oxygens (including phenoxy) is 2. The zero-order chi connectivity index (χ0) is 18.0. The molecular formula is C19H28O5. The number of aliphatic carboxylic acids is 1. The lowest BCUT2D eigenvalue weighted by molar-refractivity contribution is -0.137. The molecule has 0 unspecified atom stereocenters. The van der Waals surface area contributed by atoms with E-state index < -0.39 is 11.6 Å². The Balaban J connectivity index is 2.21. The van der Waals surface area contributed by atoms with Gasteiger partial charge in [0.1, 0.15) is 11.4 Å². The number of carboxylic acids is 1. The molecule has 0 aliphatic heterocycles. The largest absolute Gasteiger partial charge is 0.494 e. The number of carbonyl (C=O) groups excluding carboxylic acids is 1. The lowest BCUT2D eigenvalue weighted by Crippen LogP contribution is -2.23. The first-order valence-electron chi connectivity index (χ1n) is 8.46. The summed E-state index contributed by atoms with van der Waals surface area (Å²) in [4.78, 5) is 22.3. The van der Waals surface area contributed by atoms with Gasteiger partial charge in [-0.15, -0.1) is 0 Å². The molecule has 5 heteroatoms. The monoisotopic (exact) mass is 336 g/mol. The molecule has 0 saturated heterocycles. The highest BCUT2D eigenvalue weighted by atomic mass is 16.6. The first-order valence-corrected chi connectivity index (χ1v) is 8.46. The number of unbranched alkanes of at least 4 members (excludes halogenated alkanes) is 4. The van der Waals surface area contributed by atoms with E-state index in [9.17, 15) is 9.59 Å². The van der Waals surface area contributed by atoms with Crippen molar-refractivity contribution in [1.29, 1.82) is 0 Å². The third-order valence-electron chi connectivity index (χ3n) is 3.29. The van der Waals surface area contributed by atoms with E-state index in [1.165, 1.54) is 0 Å². The molecule has 0 amide bonds. The van der Waals surface area contributed by atoms with Gasteiger partial charge in [-0.25, -0.2) is 4.79 Å². The van der Waals surface area contributed by atoms with E-state index in [1.807, 2.05) is 20.8 Å². The van der Waals surface area contributed by atoms with Gasteiger partial charge in [-0.3, -0.25) is 4.79 Å². The van der Waals surface area contributed by atoms with Crippen LogP contribution in [0.1, 0.15) is 69.7 Å². The van der Waals surface area contributed by atoms with Gasteiger partial charge in [-0.2, -0.15) is 0 Å². The molecule has 0 aliphatic carbocycles. The summed E-state index contributed by atoms with van der Waals surface area (Å²) in [6.07, 6.45) is 4.91. The summed E-state index contributed by atoms with van der Waals surface area (Å²) in [5, 5.41) is 8.54. The van der Waals surface area contributed by atoms with Gasteiger partial charge in [0.15, 0.2) is 0 Å². The molecule has 24 heavy (non-hydrogen) atoms. The molecule has 0 aliphatic rings. The van der Waals surface area contributed by atoms with Crippen LogP contribution in [0, 0.1) is 0 Å². The van der Waals surface area contributed by atoms with Gasteiger partial charge in [0.25, 0.3) is 0 Å². The van der Waals surface area contributed by atoms with Crippen molar-refractivity contribution in [2.45, 2.75) is 64.9 Å². The van der Waals surface area contributed by atoms with E-state index in [1.54, 1.807) is 24.3 Å². The van der Waals surface area contributed by atoms with E-state index in [0.717, 1.165) is 37.9 Å². The molecule has 0 fully saturated rings. The molecule has 1 rings (SSSR count). The molecule has 0 heterocycles. The Kier molecular flexibility index (Phi) is 8.30. The summed E-state index contributed by atoms with van der Waals surface area (Å²) < 4.78 is 10.9. The van der Waals surface area contributed by atoms with Crippen molar-refractivity contribution in [3.63, 3.8) is 0 Å². The molecule has 0 aromatic heterocycles. The summed E-state index contributed by atoms with van der Waals surface area (Å²) >= 11 is 0. The zero-order valence-electron chi connectivity index (χ0n) is 14.8. The number of carbonyl (C=O) groups is 2. The van der Waals surface area contributed by atoms with Crippen molar-refractivity contribution < 1.29 is 24.2 Å². The van der Waals surface area contributed by atoms with Crippen molar-refractivity contribution in [3.8, 4) is 5.75 Å². The Hall–Kier alpha value is -2.04. The van der Waals surface area contributed by atoms with Gasteiger partial charge < -0.3 is 14.6 Å². The molecular weight excluding hydrogens is 308 g/mol. The van der Waals surface area contributed by atoms with Crippen molar-refractivity contribution >= 4 is 11.9 Å². The van der Waals surface area contributed by atoms with E-state index in [4.69, 9.17) is 14.6 Å². The van der Waals surface area contributed by atoms with Crippen molar-refractivity contribution in [1.82, 2.24) is 0 Å².